The third-order valence-corrected chi connectivity index (χ3v) is 5.01. The van der Waals surface area contributed by atoms with Gasteiger partial charge in [-0.25, -0.2) is 4.68 Å². The standard InChI is InChI=1S/C20H24N4OS/c1-14-5-7-18(8-6-14)24-16(3)20(15(2)22-24)21-19(25)12-23(4)11-17-9-10-26-13-17/h5-10,13H,11-12H2,1-4H3,(H,21,25). The molecule has 136 valence electrons. The van der Waals surface area contributed by atoms with Gasteiger partial charge in [-0.3, -0.25) is 9.69 Å². The third kappa shape index (κ3) is 4.20. The SMILES string of the molecule is Cc1ccc(-n2nc(C)c(NC(=O)CN(C)Cc3ccsc3)c2C)cc1. The molecule has 0 aliphatic heterocycles. The molecule has 6 heteroatoms. The molecule has 0 saturated heterocycles. The number of aryl methyl sites for hydroxylation is 2. The van der Waals surface area contributed by atoms with E-state index in [-0.39, 0.29) is 5.91 Å². The monoisotopic (exact) mass is 368 g/mol. The van der Waals surface area contributed by atoms with E-state index >= 15 is 0 Å². The largest absolute Gasteiger partial charge is 0.322 e. The van der Waals surface area contributed by atoms with E-state index in [1.54, 1.807) is 11.3 Å². The van der Waals surface area contributed by atoms with Crippen LogP contribution in [0.5, 0.6) is 0 Å². The van der Waals surface area contributed by atoms with Gasteiger partial charge >= 0.3 is 0 Å². The summed E-state index contributed by atoms with van der Waals surface area (Å²) in [5, 5.41) is 11.8. The Morgan fingerprint density at radius 3 is 2.58 bits per heavy atom. The summed E-state index contributed by atoms with van der Waals surface area (Å²) >= 11 is 1.67. The van der Waals surface area contributed by atoms with Crippen molar-refractivity contribution >= 4 is 22.9 Å². The summed E-state index contributed by atoms with van der Waals surface area (Å²) in [5.41, 5.74) is 5.96. The van der Waals surface area contributed by atoms with Crippen LogP contribution in [0.15, 0.2) is 41.1 Å². The van der Waals surface area contributed by atoms with E-state index in [2.05, 4.69) is 46.3 Å². The lowest BCUT2D eigenvalue weighted by atomic mass is 10.2. The predicted molar refractivity (Wildman–Crippen MR) is 107 cm³/mol. The molecule has 2 aromatic heterocycles. The van der Waals surface area contributed by atoms with Crippen LogP contribution in [-0.2, 0) is 11.3 Å². The van der Waals surface area contributed by atoms with Crippen LogP contribution in [0.1, 0.15) is 22.5 Å². The van der Waals surface area contributed by atoms with Crippen molar-refractivity contribution in [3.8, 4) is 5.69 Å². The summed E-state index contributed by atoms with van der Waals surface area (Å²) in [6, 6.07) is 10.3. The number of hydrogen-bond acceptors (Lipinski definition) is 4. The summed E-state index contributed by atoms with van der Waals surface area (Å²) in [6.07, 6.45) is 0. The van der Waals surface area contributed by atoms with Crippen molar-refractivity contribution in [1.29, 1.82) is 0 Å². The molecular formula is C20H24N4OS. The number of rotatable bonds is 6. The van der Waals surface area contributed by atoms with Crippen molar-refractivity contribution in [2.45, 2.75) is 27.3 Å². The van der Waals surface area contributed by atoms with Gasteiger partial charge in [-0.1, -0.05) is 17.7 Å². The first-order valence-corrected chi connectivity index (χ1v) is 9.51. The van der Waals surface area contributed by atoms with Gasteiger partial charge in [0.05, 0.1) is 29.3 Å². The molecule has 5 nitrogen and oxygen atoms in total. The molecular weight excluding hydrogens is 344 g/mol. The predicted octanol–water partition coefficient (Wildman–Crippen LogP) is 3.93. The van der Waals surface area contributed by atoms with Crippen LogP contribution in [0, 0.1) is 20.8 Å². The smallest absolute Gasteiger partial charge is 0.238 e. The number of anilines is 1. The van der Waals surface area contributed by atoms with Crippen molar-refractivity contribution in [3.63, 3.8) is 0 Å². The number of hydrogen-bond donors (Lipinski definition) is 1. The van der Waals surface area contributed by atoms with Crippen molar-refractivity contribution < 1.29 is 4.79 Å². The highest BCUT2D eigenvalue weighted by atomic mass is 32.1. The highest BCUT2D eigenvalue weighted by molar-refractivity contribution is 7.07. The van der Waals surface area contributed by atoms with Crippen molar-refractivity contribution in [2.75, 3.05) is 18.9 Å². The van der Waals surface area contributed by atoms with Gasteiger partial charge in [-0.15, -0.1) is 0 Å². The van der Waals surface area contributed by atoms with Gasteiger partial charge in [0, 0.05) is 6.54 Å². The maximum Gasteiger partial charge on any atom is 0.238 e. The second kappa shape index (κ2) is 7.85. The van der Waals surface area contributed by atoms with E-state index in [1.165, 1.54) is 11.1 Å². The van der Waals surface area contributed by atoms with Gasteiger partial charge in [0.15, 0.2) is 0 Å². The number of carbonyl (C=O) groups is 1. The number of carbonyl (C=O) groups excluding carboxylic acids is 1. The van der Waals surface area contributed by atoms with Gasteiger partial charge in [0.1, 0.15) is 0 Å². The lowest BCUT2D eigenvalue weighted by Crippen LogP contribution is -2.30. The number of benzene rings is 1. The van der Waals surface area contributed by atoms with E-state index in [0.717, 1.165) is 29.3 Å². The Morgan fingerprint density at radius 1 is 1.19 bits per heavy atom. The average molecular weight is 369 g/mol. The number of thiophene rings is 1. The average Bonchev–Trinajstić information content (AvgIpc) is 3.19. The normalized spacial score (nSPS) is 11.1. The van der Waals surface area contributed by atoms with Crippen molar-refractivity contribution in [2.24, 2.45) is 0 Å². The number of nitrogens with one attached hydrogen (secondary N) is 1. The van der Waals surface area contributed by atoms with Gasteiger partial charge in [-0.05, 0) is 62.3 Å². The molecule has 0 saturated carbocycles. The zero-order chi connectivity index (χ0) is 18.7. The Labute approximate surface area is 158 Å². The summed E-state index contributed by atoms with van der Waals surface area (Å²) < 4.78 is 1.87. The molecule has 1 amide bonds. The fourth-order valence-corrected chi connectivity index (χ4v) is 3.60. The zero-order valence-corrected chi connectivity index (χ0v) is 16.4. The summed E-state index contributed by atoms with van der Waals surface area (Å²) in [4.78, 5) is 14.5. The van der Waals surface area contributed by atoms with Crippen molar-refractivity contribution in [1.82, 2.24) is 14.7 Å². The van der Waals surface area contributed by atoms with Crippen LogP contribution in [0.2, 0.25) is 0 Å². The maximum absolute atomic E-state index is 12.5. The first-order valence-electron chi connectivity index (χ1n) is 8.57. The molecule has 0 aliphatic rings. The van der Waals surface area contributed by atoms with E-state index in [0.29, 0.717) is 6.54 Å². The molecule has 1 aromatic carbocycles. The summed E-state index contributed by atoms with van der Waals surface area (Å²) in [5.74, 6) is -0.0302. The minimum absolute atomic E-state index is 0.0302. The topological polar surface area (TPSA) is 50.2 Å². The number of nitrogens with zero attached hydrogens (tertiary/aromatic N) is 3. The molecule has 1 N–H and O–H groups in total. The van der Waals surface area contributed by atoms with Crippen molar-refractivity contribution in [3.05, 3.63) is 63.6 Å². The molecule has 0 unspecified atom stereocenters. The summed E-state index contributed by atoms with van der Waals surface area (Å²) in [6.45, 7) is 7.05. The van der Waals surface area contributed by atoms with Gasteiger partial charge < -0.3 is 5.32 Å². The van der Waals surface area contributed by atoms with Crippen LogP contribution >= 0.6 is 11.3 Å². The lowest BCUT2D eigenvalue weighted by Gasteiger charge is -2.15. The Morgan fingerprint density at radius 2 is 1.92 bits per heavy atom. The zero-order valence-electron chi connectivity index (χ0n) is 15.6. The van der Waals surface area contributed by atoms with Gasteiger partial charge in [-0.2, -0.15) is 16.4 Å². The van der Waals surface area contributed by atoms with E-state index < -0.39 is 0 Å². The Hall–Kier alpha value is -2.44. The molecule has 2 heterocycles. The quantitative estimate of drug-likeness (QED) is 0.717. The molecule has 3 rings (SSSR count). The molecule has 0 fully saturated rings. The maximum atomic E-state index is 12.5. The first-order chi connectivity index (χ1) is 12.4. The molecule has 3 aromatic rings. The van der Waals surface area contributed by atoms with Crippen LogP contribution in [0.25, 0.3) is 5.69 Å². The fraction of sp³-hybridized carbons (Fsp3) is 0.300. The Balaban J connectivity index is 1.69. The Bertz CT molecular complexity index is 881. The number of aromatic nitrogens is 2. The number of likely N-dealkylation sites (N-methyl/N-ethyl adjacent to an activating group) is 1. The third-order valence-electron chi connectivity index (χ3n) is 4.28. The molecule has 0 aliphatic carbocycles. The molecule has 0 spiro atoms. The lowest BCUT2D eigenvalue weighted by molar-refractivity contribution is -0.117. The van der Waals surface area contributed by atoms with Gasteiger partial charge in [0.25, 0.3) is 0 Å². The van der Waals surface area contributed by atoms with Crippen LogP contribution in [-0.4, -0.2) is 34.2 Å². The van der Waals surface area contributed by atoms with E-state index in [1.807, 2.05) is 42.6 Å². The second-order valence-electron chi connectivity index (χ2n) is 6.65. The fourth-order valence-electron chi connectivity index (χ4n) is 2.94. The van der Waals surface area contributed by atoms with Crippen LogP contribution in [0.4, 0.5) is 5.69 Å². The van der Waals surface area contributed by atoms with E-state index in [9.17, 15) is 4.79 Å². The highest BCUT2D eigenvalue weighted by Gasteiger charge is 2.16. The van der Waals surface area contributed by atoms with Gasteiger partial charge in [0.2, 0.25) is 5.91 Å². The van der Waals surface area contributed by atoms with Crippen LogP contribution < -0.4 is 5.32 Å². The minimum Gasteiger partial charge on any atom is -0.322 e. The Kier molecular flexibility index (Phi) is 5.54. The van der Waals surface area contributed by atoms with E-state index in [4.69, 9.17) is 0 Å². The molecule has 0 radical (unpaired) electrons. The summed E-state index contributed by atoms with van der Waals surface area (Å²) in [7, 11) is 1.95. The second-order valence-corrected chi connectivity index (χ2v) is 7.43. The minimum atomic E-state index is -0.0302. The molecule has 26 heavy (non-hydrogen) atoms. The molecule has 0 atom stereocenters. The highest BCUT2D eigenvalue weighted by Crippen LogP contribution is 2.23. The first kappa shape index (κ1) is 18.4. The number of amides is 1. The van der Waals surface area contributed by atoms with Crippen LogP contribution in [0.3, 0.4) is 0 Å². The molecule has 0 bridgehead atoms.